The van der Waals surface area contributed by atoms with E-state index in [1.54, 1.807) is 18.5 Å². The summed E-state index contributed by atoms with van der Waals surface area (Å²) in [5.74, 6) is 0.228. The molecule has 2 amide bonds. The number of hydrogen-bond acceptors (Lipinski definition) is 3. The van der Waals surface area contributed by atoms with E-state index < -0.39 is 0 Å². The minimum absolute atomic E-state index is 0.117. The predicted octanol–water partition coefficient (Wildman–Crippen LogP) is 3.95. The van der Waals surface area contributed by atoms with Crippen molar-refractivity contribution < 1.29 is 9.59 Å². The van der Waals surface area contributed by atoms with Gasteiger partial charge in [0, 0.05) is 44.5 Å². The molecule has 2 fully saturated rings. The molecule has 5 heteroatoms. The normalized spacial score (nSPS) is 20.0. The van der Waals surface area contributed by atoms with Crippen molar-refractivity contribution in [2.75, 3.05) is 26.2 Å². The van der Waals surface area contributed by atoms with Crippen LogP contribution in [0, 0.1) is 11.8 Å². The zero-order valence-electron chi connectivity index (χ0n) is 18.1. The van der Waals surface area contributed by atoms with E-state index in [1.165, 1.54) is 0 Å². The van der Waals surface area contributed by atoms with Gasteiger partial charge in [0.1, 0.15) is 0 Å². The van der Waals surface area contributed by atoms with Crippen LogP contribution in [0.2, 0.25) is 0 Å². The average Bonchev–Trinajstić information content (AvgIpc) is 3.30. The Kier molecular flexibility index (Phi) is 6.80. The van der Waals surface area contributed by atoms with Crippen LogP contribution >= 0.6 is 0 Å². The van der Waals surface area contributed by atoms with Crippen LogP contribution < -0.4 is 0 Å². The quantitative estimate of drug-likeness (QED) is 0.669. The second-order valence-electron chi connectivity index (χ2n) is 8.63. The van der Waals surface area contributed by atoms with Gasteiger partial charge in [-0.3, -0.25) is 14.6 Å². The highest BCUT2D eigenvalue weighted by atomic mass is 16.2. The lowest BCUT2D eigenvalue weighted by Gasteiger charge is -2.26. The first kappa shape index (κ1) is 21.3. The van der Waals surface area contributed by atoms with Crippen LogP contribution in [-0.2, 0) is 16.0 Å². The Morgan fingerprint density at radius 3 is 2.58 bits per heavy atom. The molecule has 0 bridgehead atoms. The highest BCUT2D eigenvalue weighted by Gasteiger charge is 2.35. The Bertz CT molecular complexity index is 921. The Hall–Kier alpha value is -2.95. The highest BCUT2D eigenvalue weighted by molar-refractivity contribution is 5.84. The molecule has 1 saturated carbocycles. The second-order valence-corrected chi connectivity index (χ2v) is 8.63. The van der Waals surface area contributed by atoms with Gasteiger partial charge in [-0.1, -0.05) is 43.2 Å². The summed E-state index contributed by atoms with van der Waals surface area (Å²) in [6.45, 7) is 6.02. The maximum atomic E-state index is 13.4. The lowest BCUT2D eigenvalue weighted by molar-refractivity contribution is -0.136. The molecule has 2 aliphatic rings. The lowest BCUT2D eigenvalue weighted by Crippen LogP contribution is -2.40. The van der Waals surface area contributed by atoms with E-state index in [0.29, 0.717) is 32.6 Å². The molecule has 162 valence electrons. The second kappa shape index (κ2) is 9.90. The fraction of sp³-hybridized carbons (Fsp3) is 0.423. The fourth-order valence-electron chi connectivity index (χ4n) is 4.94. The van der Waals surface area contributed by atoms with Crippen LogP contribution in [0.3, 0.4) is 0 Å². The molecule has 5 nitrogen and oxygen atoms in total. The molecular formula is C26H31N3O2. The first-order valence-electron chi connectivity index (χ1n) is 11.3. The van der Waals surface area contributed by atoms with Crippen molar-refractivity contribution >= 4 is 11.8 Å². The number of aromatic nitrogens is 1. The van der Waals surface area contributed by atoms with Crippen molar-refractivity contribution in [3.05, 3.63) is 67.0 Å². The van der Waals surface area contributed by atoms with Crippen molar-refractivity contribution in [3.63, 3.8) is 0 Å². The van der Waals surface area contributed by atoms with E-state index in [2.05, 4.69) is 23.7 Å². The average molecular weight is 418 g/mol. The summed E-state index contributed by atoms with van der Waals surface area (Å²) in [4.78, 5) is 34.5. The van der Waals surface area contributed by atoms with Crippen molar-refractivity contribution in [2.45, 2.75) is 32.1 Å². The number of hydrogen-bond donors (Lipinski definition) is 0. The Balaban J connectivity index is 1.60. The Morgan fingerprint density at radius 1 is 1.10 bits per heavy atom. The SMILES string of the molecule is C=CCN1CCN(C(=O)C2CCCC2)C[C@H](Cc2ccccc2-c2ccncc2)C1=O. The van der Waals surface area contributed by atoms with Gasteiger partial charge in [-0.25, -0.2) is 0 Å². The highest BCUT2D eigenvalue weighted by Crippen LogP contribution is 2.30. The van der Waals surface area contributed by atoms with Crippen molar-refractivity contribution in [1.29, 1.82) is 0 Å². The zero-order chi connectivity index (χ0) is 21.6. The summed E-state index contributed by atoms with van der Waals surface area (Å²) >= 11 is 0. The van der Waals surface area contributed by atoms with Gasteiger partial charge < -0.3 is 9.80 Å². The van der Waals surface area contributed by atoms with Gasteiger partial charge in [-0.15, -0.1) is 6.58 Å². The Labute approximate surface area is 184 Å². The summed E-state index contributed by atoms with van der Waals surface area (Å²) in [5.41, 5.74) is 3.33. The fourth-order valence-corrected chi connectivity index (χ4v) is 4.94. The van der Waals surface area contributed by atoms with E-state index in [4.69, 9.17) is 0 Å². The van der Waals surface area contributed by atoms with Gasteiger partial charge in [0.05, 0.1) is 5.92 Å². The number of carbonyl (C=O) groups is 2. The van der Waals surface area contributed by atoms with E-state index in [9.17, 15) is 9.59 Å². The minimum atomic E-state index is -0.254. The molecule has 1 saturated heterocycles. The van der Waals surface area contributed by atoms with Gasteiger partial charge in [0.25, 0.3) is 0 Å². The monoisotopic (exact) mass is 417 g/mol. The summed E-state index contributed by atoms with van der Waals surface area (Å²) in [6, 6.07) is 12.2. The summed E-state index contributed by atoms with van der Waals surface area (Å²) in [6.07, 6.45) is 10.2. The predicted molar refractivity (Wildman–Crippen MR) is 122 cm³/mol. The van der Waals surface area contributed by atoms with Crippen LogP contribution in [0.25, 0.3) is 11.1 Å². The minimum Gasteiger partial charge on any atom is -0.340 e. The molecule has 1 aliphatic carbocycles. The molecule has 1 aromatic carbocycles. The van der Waals surface area contributed by atoms with Crippen molar-refractivity contribution in [3.8, 4) is 11.1 Å². The molecule has 2 aromatic rings. The van der Waals surface area contributed by atoms with Gasteiger partial charge in [-0.05, 0) is 48.1 Å². The number of amides is 2. The van der Waals surface area contributed by atoms with Crippen molar-refractivity contribution in [2.24, 2.45) is 11.8 Å². The maximum Gasteiger partial charge on any atom is 0.228 e. The molecule has 2 heterocycles. The summed E-state index contributed by atoms with van der Waals surface area (Å²) in [7, 11) is 0. The molecule has 0 N–H and O–H groups in total. The van der Waals surface area contributed by atoms with Crippen molar-refractivity contribution in [1.82, 2.24) is 14.8 Å². The third-order valence-corrected chi connectivity index (χ3v) is 6.58. The third-order valence-electron chi connectivity index (χ3n) is 6.58. The third kappa shape index (κ3) is 4.87. The van der Waals surface area contributed by atoms with Crippen LogP contribution in [0.4, 0.5) is 0 Å². The first-order chi connectivity index (χ1) is 15.2. The van der Waals surface area contributed by atoms with E-state index in [1.807, 2.05) is 34.1 Å². The summed E-state index contributed by atoms with van der Waals surface area (Å²) < 4.78 is 0. The van der Waals surface area contributed by atoms with Gasteiger partial charge in [0.15, 0.2) is 0 Å². The number of nitrogens with zero attached hydrogens (tertiary/aromatic N) is 3. The lowest BCUT2D eigenvalue weighted by atomic mass is 9.91. The maximum absolute atomic E-state index is 13.4. The number of carbonyl (C=O) groups excluding carboxylic acids is 2. The van der Waals surface area contributed by atoms with Crippen LogP contribution in [-0.4, -0.2) is 52.8 Å². The molecular weight excluding hydrogens is 386 g/mol. The van der Waals surface area contributed by atoms with Crippen LogP contribution in [0.1, 0.15) is 31.2 Å². The number of rotatable bonds is 6. The number of pyridine rings is 1. The van der Waals surface area contributed by atoms with Crippen LogP contribution in [0.15, 0.2) is 61.4 Å². The molecule has 1 aliphatic heterocycles. The van der Waals surface area contributed by atoms with Crippen LogP contribution in [0.5, 0.6) is 0 Å². The summed E-state index contributed by atoms with van der Waals surface area (Å²) in [5, 5.41) is 0. The van der Waals surface area contributed by atoms with E-state index in [0.717, 1.165) is 42.4 Å². The molecule has 0 spiro atoms. The zero-order valence-corrected chi connectivity index (χ0v) is 18.1. The smallest absolute Gasteiger partial charge is 0.228 e. The largest absolute Gasteiger partial charge is 0.340 e. The standard InChI is InChI=1S/C26H31N3O2/c1-2-15-28-16-17-29(25(30)21-7-3-4-8-21)19-23(26(28)31)18-22-9-5-6-10-24(22)20-11-13-27-14-12-20/h2,5-6,9-14,21,23H,1,3-4,7-8,15-19H2/t23-/m0/s1. The topological polar surface area (TPSA) is 53.5 Å². The van der Waals surface area contributed by atoms with E-state index in [-0.39, 0.29) is 23.7 Å². The molecule has 4 rings (SSSR count). The van der Waals surface area contributed by atoms with Gasteiger partial charge >= 0.3 is 0 Å². The molecule has 0 unspecified atom stereocenters. The molecule has 1 atom stereocenters. The molecule has 0 radical (unpaired) electrons. The van der Waals surface area contributed by atoms with E-state index >= 15 is 0 Å². The Morgan fingerprint density at radius 2 is 1.84 bits per heavy atom. The van der Waals surface area contributed by atoms with Gasteiger partial charge in [-0.2, -0.15) is 0 Å². The van der Waals surface area contributed by atoms with Gasteiger partial charge in [0.2, 0.25) is 11.8 Å². The number of benzene rings is 1. The molecule has 1 aromatic heterocycles. The first-order valence-corrected chi connectivity index (χ1v) is 11.3. The molecule has 31 heavy (non-hydrogen) atoms.